The Hall–Kier alpha value is -0.170. The molecular formula is C7H16O5S. The first-order valence-corrected chi connectivity index (χ1v) is 5.94. The van der Waals surface area contributed by atoms with Crippen molar-refractivity contribution in [3.63, 3.8) is 0 Å². The van der Waals surface area contributed by atoms with E-state index in [-0.39, 0.29) is 12.5 Å². The Balaban J connectivity index is 3.09. The molecule has 0 fully saturated rings. The number of hydrogen-bond acceptors (Lipinski definition) is 5. The Morgan fingerprint density at radius 3 is 2.08 bits per heavy atom. The Labute approximate surface area is 78.9 Å². The largest absolute Gasteiger partial charge is 0.382 e. The van der Waals surface area contributed by atoms with Crippen LogP contribution in [0.15, 0.2) is 0 Å². The Morgan fingerprint density at radius 2 is 1.54 bits per heavy atom. The molecule has 5 nitrogen and oxygen atoms in total. The van der Waals surface area contributed by atoms with Crippen molar-refractivity contribution in [2.24, 2.45) is 0 Å². The first-order valence-electron chi connectivity index (χ1n) is 3.88. The molecule has 0 aromatic carbocycles. The van der Waals surface area contributed by atoms with Gasteiger partial charge in [0, 0.05) is 13.4 Å². The molecule has 80 valence electrons. The summed E-state index contributed by atoms with van der Waals surface area (Å²) in [5.41, 5.74) is 0. The smallest absolute Gasteiger partial charge is 0.171 e. The Kier molecular flexibility index (Phi) is 7.16. The Morgan fingerprint density at radius 1 is 1.00 bits per heavy atom. The summed E-state index contributed by atoms with van der Waals surface area (Å²) in [7, 11) is -1.44. The minimum Gasteiger partial charge on any atom is -0.382 e. The third-order valence-corrected chi connectivity index (χ3v) is 1.70. The first-order chi connectivity index (χ1) is 6.06. The van der Waals surface area contributed by atoms with Crippen LogP contribution >= 0.6 is 0 Å². The van der Waals surface area contributed by atoms with Gasteiger partial charge in [0.15, 0.2) is 9.84 Å². The maximum absolute atomic E-state index is 10.6. The molecule has 0 aliphatic carbocycles. The van der Waals surface area contributed by atoms with Crippen molar-refractivity contribution in [2.75, 3.05) is 45.7 Å². The summed E-state index contributed by atoms with van der Waals surface area (Å²) in [5.74, 6) is -0.249. The molecule has 0 saturated carbocycles. The molecule has 0 aliphatic rings. The minimum atomic E-state index is -3.02. The molecule has 0 heterocycles. The van der Waals surface area contributed by atoms with Gasteiger partial charge in [-0.05, 0) is 0 Å². The van der Waals surface area contributed by atoms with Crippen LogP contribution in [-0.2, 0) is 24.0 Å². The highest BCUT2D eigenvalue weighted by Crippen LogP contribution is 1.85. The molecule has 0 aromatic rings. The summed E-state index contributed by atoms with van der Waals surface area (Å²) in [6, 6.07) is 0. The molecule has 6 heteroatoms. The second kappa shape index (κ2) is 7.25. The summed E-state index contributed by atoms with van der Waals surface area (Å²) in [6.07, 6.45) is 1.12. The van der Waals surface area contributed by atoms with E-state index in [2.05, 4.69) is 0 Å². The molecular weight excluding hydrogens is 196 g/mol. The lowest BCUT2D eigenvalue weighted by molar-refractivity contribution is 0.0347. The van der Waals surface area contributed by atoms with Crippen LogP contribution in [0.25, 0.3) is 0 Å². The lowest BCUT2D eigenvalue weighted by atomic mass is 10.7. The van der Waals surface area contributed by atoms with Crippen molar-refractivity contribution in [3.8, 4) is 0 Å². The molecule has 0 saturated heterocycles. The molecule has 0 rings (SSSR count). The predicted octanol–water partition coefficient (Wildman–Crippen LogP) is -0.332. The molecule has 0 radical (unpaired) electrons. The summed E-state index contributed by atoms with van der Waals surface area (Å²) >= 11 is 0. The maximum Gasteiger partial charge on any atom is 0.171 e. The monoisotopic (exact) mass is 212 g/mol. The van der Waals surface area contributed by atoms with Gasteiger partial charge >= 0.3 is 0 Å². The number of rotatable bonds is 8. The number of ether oxygens (including phenoxy) is 3. The summed E-state index contributed by atoms with van der Waals surface area (Å²) in [4.78, 5) is 0. The molecule has 13 heavy (non-hydrogen) atoms. The van der Waals surface area contributed by atoms with Crippen molar-refractivity contribution in [1.29, 1.82) is 0 Å². The van der Waals surface area contributed by atoms with Gasteiger partial charge in [0.05, 0.1) is 26.4 Å². The zero-order valence-corrected chi connectivity index (χ0v) is 8.80. The lowest BCUT2D eigenvalue weighted by Gasteiger charge is -2.03. The van der Waals surface area contributed by atoms with Gasteiger partial charge in [-0.15, -0.1) is 0 Å². The second-order valence-electron chi connectivity index (χ2n) is 2.56. The van der Waals surface area contributed by atoms with Crippen LogP contribution in [0.4, 0.5) is 0 Å². The van der Waals surface area contributed by atoms with Crippen molar-refractivity contribution in [2.45, 2.75) is 0 Å². The predicted molar refractivity (Wildman–Crippen MR) is 48.4 cm³/mol. The average molecular weight is 212 g/mol. The first kappa shape index (κ1) is 12.8. The number of methoxy groups -OCH3 is 1. The van der Waals surface area contributed by atoms with Gasteiger partial charge in [0.2, 0.25) is 0 Å². The summed E-state index contributed by atoms with van der Waals surface area (Å²) in [6.45, 7) is 1.71. The van der Waals surface area contributed by atoms with Crippen molar-refractivity contribution >= 4 is 9.84 Å². The van der Waals surface area contributed by atoms with E-state index < -0.39 is 9.84 Å². The molecule has 0 N–H and O–H groups in total. The van der Waals surface area contributed by atoms with Crippen molar-refractivity contribution in [3.05, 3.63) is 0 Å². The zero-order valence-electron chi connectivity index (χ0n) is 7.99. The number of hydrogen-bond donors (Lipinski definition) is 0. The van der Waals surface area contributed by atoms with Crippen LogP contribution in [0.2, 0.25) is 0 Å². The van der Waals surface area contributed by atoms with Gasteiger partial charge < -0.3 is 14.2 Å². The van der Waals surface area contributed by atoms with E-state index >= 15 is 0 Å². The fraction of sp³-hybridized carbons (Fsp3) is 1.00. The van der Waals surface area contributed by atoms with Crippen LogP contribution < -0.4 is 0 Å². The van der Waals surface area contributed by atoms with Crippen LogP contribution in [-0.4, -0.2) is 54.1 Å². The topological polar surface area (TPSA) is 61.8 Å². The zero-order chi connectivity index (χ0) is 10.2. The summed E-state index contributed by atoms with van der Waals surface area (Å²) in [5, 5.41) is 0. The molecule has 0 aliphatic heterocycles. The van der Waals surface area contributed by atoms with Gasteiger partial charge in [0.25, 0.3) is 0 Å². The molecule has 0 amide bonds. The second-order valence-corrected chi connectivity index (χ2v) is 4.64. The minimum absolute atomic E-state index is 0.249. The maximum atomic E-state index is 10.6. The molecule has 0 bridgehead atoms. The van der Waals surface area contributed by atoms with Gasteiger partial charge in [-0.1, -0.05) is 0 Å². The normalized spacial score (nSPS) is 11.8. The highest BCUT2D eigenvalue weighted by Gasteiger charge is 2.00. The van der Waals surface area contributed by atoms with E-state index in [1.165, 1.54) is 0 Å². The van der Waals surface area contributed by atoms with E-state index in [0.717, 1.165) is 6.26 Å². The standard InChI is InChI=1S/C7H16O5S/c1-10-3-4-11-5-6-12-7-13(2,8)9/h3-7H2,1-2H3. The van der Waals surface area contributed by atoms with Crippen LogP contribution in [0.1, 0.15) is 0 Å². The van der Waals surface area contributed by atoms with Crippen LogP contribution in [0, 0.1) is 0 Å². The molecule has 0 spiro atoms. The highest BCUT2D eigenvalue weighted by atomic mass is 32.2. The van der Waals surface area contributed by atoms with Crippen LogP contribution in [0.5, 0.6) is 0 Å². The fourth-order valence-corrected chi connectivity index (χ4v) is 0.993. The SMILES string of the molecule is COCCOCCOCS(C)(=O)=O. The molecule has 0 unspecified atom stereocenters. The van der Waals surface area contributed by atoms with Gasteiger partial charge in [-0.3, -0.25) is 0 Å². The Bertz CT molecular complexity index is 199. The molecule has 0 aromatic heterocycles. The van der Waals surface area contributed by atoms with Crippen molar-refractivity contribution in [1.82, 2.24) is 0 Å². The van der Waals surface area contributed by atoms with Crippen LogP contribution in [0.3, 0.4) is 0 Å². The van der Waals surface area contributed by atoms with Crippen molar-refractivity contribution < 1.29 is 22.6 Å². The third kappa shape index (κ3) is 11.8. The number of sulfone groups is 1. The fourth-order valence-electron chi connectivity index (χ4n) is 0.572. The van der Waals surface area contributed by atoms with E-state index in [1.807, 2.05) is 0 Å². The lowest BCUT2D eigenvalue weighted by Crippen LogP contribution is -2.12. The van der Waals surface area contributed by atoms with E-state index in [9.17, 15) is 8.42 Å². The van der Waals surface area contributed by atoms with E-state index in [4.69, 9.17) is 14.2 Å². The molecule has 0 atom stereocenters. The average Bonchev–Trinajstić information content (AvgIpc) is 2.01. The summed E-state index contributed by atoms with van der Waals surface area (Å²) < 4.78 is 35.8. The van der Waals surface area contributed by atoms with Gasteiger partial charge in [-0.2, -0.15) is 0 Å². The highest BCUT2D eigenvalue weighted by molar-refractivity contribution is 7.90. The van der Waals surface area contributed by atoms with Gasteiger partial charge in [-0.25, -0.2) is 8.42 Å². The van der Waals surface area contributed by atoms with E-state index in [0.29, 0.717) is 19.8 Å². The van der Waals surface area contributed by atoms with E-state index in [1.54, 1.807) is 7.11 Å². The third-order valence-electron chi connectivity index (χ3n) is 1.10. The quantitative estimate of drug-likeness (QED) is 0.515. The van der Waals surface area contributed by atoms with Gasteiger partial charge in [0.1, 0.15) is 5.94 Å².